The smallest absolute Gasteiger partial charge is 0.243 e. The number of nitrogens with zero attached hydrogens (tertiary/aromatic N) is 2. The molecule has 26 heavy (non-hydrogen) atoms. The van der Waals surface area contributed by atoms with Crippen molar-refractivity contribution in [1.82, 2.24) is 14.5 Å². The number of likely N-dealkylation sites (tertiary alicyclic amines) is 1. The lowest BCUT2D eigenvalue weighted by Crippen LogP contribution is -2.51. The second-order valence-corrected chi connectivity index (χ2v) is 8.87. The monoisotopic (exact) mass is 405 g/mol. The van der Waals surface area contributed by atoms with E-state index in [-0.39, 0.29) is 23.3 Å². The first-order valence-corrected chi connectivity index (χ1v) is 10.7. The fourth-order valence-corrected chi connectivity index (χ4v) is 5.44. The first-order valence-electron chi connectivity index (χ1n) is 9.28. The summed E-state index contributed by atoms with van der Waals surface area (Å²) in [5, 5.41) is 3.29. The van der Waals surface area contributed by atoms with Crippen molar-refractivity contribution in [2.24, 2.45) is 0 Å². The van der Waals surface area contributed by atoms with Gasteiger partial charge in [-0.3, -0.25) is 0 Å². The normalized spacial score (nSPS) is 22.2. The van der Waals surface area contributed by atoms with Crippen LogP contribution in [0.2, 0.25) is 0 Å². The van der Waals surface area contributed by atoms with Gasteiger partial charge < -0.3 is 10.2 Å². The Morgan fingerprint density at radius 2 is 1.96 bits per heavy atom. The zero-order chi connectivity index (χ0) is 17.7. The molecule has 5 nitrogen and oxygen atoms in total. The van der Waals surface area contributed by atoms with Crippen molar-refractivity contribution < 1.29 is 12.8 Å². The van der Waals surface area contributed by atoms with Crippen LogP contribution < -0.4 is 5.32 Å². The maximum absolute atomic E-state index is 13.6. The summed E-state index contributed by atoms with van der Waals surface area (Å²) in [5.41, 5.74) is 0. The number of benzene rings is 1. The Balaban J connectivity index is 0.00000243. The molecule has 0 aliphatic carbocycles. The molecule has 0 aromatic heterocycles. The fraction of sp³-hybridized carbons (Fsp3) is 0.667. The molecule has 2 saturated heterocycles. The van der Waals surface area contributed by atoms with Crippen LogP contribution in [0, 0.1) is 5.82 Å². The number of hydrogen-bond acceptors (Lipinski definition) is 4. The second-order valence-electron chi connectivity index (χ2n) is 6.98. The lowest BCUT2D eigenvalue weighted by molar-refractivity contribution is 0.190. The minimum Gasteiger partial charge on any atom is -0.315 e. The molecule has 8 heteroatoms. The van der Waals surface area contributed by atoms with E-state index in [0.29, 0.717) is 13.1 Å². The zero-order valence-electron chi connectivity index (χ0n) is 15.1. The highest BCUT2D eigenvalue weighted by Gasteiger charge is 2.32. The first kappa shape index (κ1) is 21.6. The van der Waals surface area contributed by atoms with Crippen molar-refractivity contribution in [3.63, 3.8) is 0 Å². The maximum atomic E-state index is 13.6. The van der Waals surface area contributed by atoms with Gasteiger partial charge in [0.2, 0.25) is 10.0 Å². The summed E-state index contributed by atoms with van der Waals surface area (Å²) in [4.78, 5) is 2.39. The van der Waals surface area contributed by atoms with Gasteiger partial charge in [-0.1, -0.05) is 12.5 Å². The van der Waals surface area contributed by atoms with Gasteiger partial charge in [-0.2, -0.15) is 4.31 Å². The molecular weight excluding hydrogens is 377 g/mol. The Bertz CT molecular complexity index is 662. The fourth-order valence-electron chi connectivity index (χ4n) is 3.76. The molecule has 1 aromatic rings. The van der Waals surface area contributed by atoms with Crippen LogP contribution in [0.5, 0.6) is 0 Å². The molecule has 3 rings (SSSR count). The van der Waals surface area contributed by atoms with Gasteiger partial charge in [0.1, 0.15) is 5.82 Å². The van der Waals surface area contributed by atoms with Gasteiger partial charge in [-0.05, 0) is 63.5 Å². The van der Waals surface area contributed by atoms with Gasteiger partial charge >= 0.3 is 0 Å². The molecule has 1 aromatic carbocycles. The standard InChI is InChI=1S/C18H28FN3O2S.ClH/c19-16-6-4-8-18(14-16)25(23,24)22(17-7-5-9-20-15-17)13-12-21-10-2-1-3-11-21;/h4,6,8,14,17,20H,1-3,5,7,9-13,15H2;1H. The Hall–Kier alpha value is -0.730. The van der Waals surface area contributed by atoms with Crippen molar-refractivity contribution in [2.75, 3.05) is 39.3 Å². The van der Waals surface area contributed by atoms with Crippen LogP contribution in [-0.4, -0.2) is 62.9 Å². The summed E-state index contributed by atoms with van der Waals surface area (Å²) >= 11 is 0. The van der Waals surface area contributed by atoms with Crippen molar-refractivity contribution in [3.05, 3.63) is 30.1 Å². The van der Waals surface area contributed by atoms with Gasteiger partial charge in [0.25, 0.3) is 0 Å². The van der Waals surface area contributed by atoms with Gasteiger partial charge in [-0.25, -0.2) is 12.8 Å². The quantitative estimate of drug-likeness (QED) is 0.790. The summed E-state index contributed by atoms with van der Waals surface area (Å²) in [6.07, 6.45) is 5.43. The molecular formula is C18H29ClFN3O2S. The lowest BCUT2D eigenvalue weighted by atomic mass is 10.1. The van der Waals surface area contributed by atoms with E-state index in [1.165, 1.54) is 37.5 Å². The average molecular weight is 406 g/mol. The molecule has 2 fully saturated rings. The summed E-state index contributed by atoms with van der Waals surface area (Å²) in [7, 11) is -3.70. The summed E-state index contributed by atoms with van der Waals surface area (Å²) in [6.45, 7) is 4.87. The third kappa shape index (κ3) is 5.39. The molecule has 2 aliphatic rings. The van der Waals surface area contributed by atoms with Gasteiger partial charge in [0.15, 0.2) is 0 Å². The third-order valence-corrected chi connectivity index (χ3v) is 7.11. The number of hydrogen-bond donors (Lipinski definition) is 1. The first-order chi connectivity index (χ1) is 12.1. The summed E-state index contributed by atoms with van der Waals surface area (Å²) in [6, 6.07) is 5.29. The lowest BCUT2D eigenvalue weighted by Gasteiger charge is -2.36. The molecule has 1 N–H and O–H groups in total. The average Bonchev–Trinajstić information content (AvgIpc) is 2.63. The van der Waals surface area contributed by atoms with E-state index >= 15 is 0 Å². The molecule has 0 amide bonds. The van der Waals surface area contributed by atoms with E-state index in [0.717, 1.165) is 45.1 Å². The van der Waals surface area contributed by atoms with E-state index in [1.807, 2.05) is 0 Å². The van der Waals surface area contributed by atoms with Crippen LogP contribution in [0.4, 0.5) is 4.39 Å². The van der Waals surface area contributed by atoms with Crippen LogP contribution in [0.15, 0.2) is 29.2 Å². The van der Waals surface area contributed by atoms with Crippen molar-refractivity contribution >= 4 is 22.4 Å². The maximum Gasteiger partial charge on any atom is 0.243 e. The largest absolute Gasteiger partial charge is 0.315 e. The van der Waals surface area contributed by atoms with Crippen LogP contribution in [0.3, 0.4) is 0 Å². The highest BCUT2D eigenvalue weighted by Crippen LogP contribution is 2.22. The molecule has 0 radical (unpaired) electrons. The van der Waals surface area contributed by atoms with Gasteiger partial charge in [-0.15, -0.1) is 12.4 Å². The topological polar surface area (TPSA) is 52.7 Å². The minimum atomic E-state index is -3.70. The third-order valence-electron chi connectivity index (χ3n) is 5.17. The highest BCUT2D eigenvalue weighted by atomic mass is 35.5. The van der Waals surface area contributed by atoms with Crippen molar-refractivity contribution in [2.45, 2.75) is 43.0 Å². The highest BCUT2D eigenvalue weighted by molar-refractivity contribution is 7.89. The van der Waals surface area contributed by atoms with Crippen LogP contribution >= 0.6 is 12.4 Å². The van der Waals surface area contributed by atoms with Crippen molar-refractivity contribution in [1.29, 1.82) is 0 Å². The van der Waals surface area contributed by atoms with E-state index in [4.69, 9.17) is 0 Å². The summed E-state index contributed by atoms with van der Waals surface area (Å²) in [5.74, 6) is -0.515. The van der Waals surface area contributed by atoms with Gasteiger partial charge in [0, 0.05) is 25.7 Å². The molecule has 0 saturated carbocycles. The number of rotatable bonds is 6. The molecule has 0 spiro atoms. The molecule has 1 atom stereocenters. The predicted molar refractivity (Wildman–Crippen MR) is 104 cm³/mol. The van der Waals surface area contributed by atoms with E-state index in [9.17, 15) is 12.8 Å². The van der Waals surface area contributed by atoms with Crippen LogP contribution in [-0.2, 0) is 10.0 Å². The molecule has 1 unspecified atom stereocenters. The minimum absolute atomic E-state index is 0. The number of nitrogens with one attached hydrogen (secondary N) is 1. The molecule has 2 aliphatic heterocycles. The Kier molecular flexibility index (Phi) is 8.29. The Morgan fingerprint density at radius 1 is 1.19 bits per heavy atom. The zero-order valence-corrected chi connectivity index (χ0v) is 16.7. The predicted octanol–water partition coefficient (Wildman–Crippen LogP) is 2.48. The van der Waals surface area contributed by atoms with E-state index < -0.39 is 15.8 Å². The van der Waals surface area contributed by atoms with Gasteiger partial charge in [0.05, 0.1) is 4.90 Å². The number of piperidine rings is 2. The van der Waals surface area contributed by atoms with Crippen LogP contribution in [0.1, 0.15) is 32.1 Å². The molecule has 2 heterocycles. The van der Waals surface area contributed by atoms with E-state index in [2.05, 4.69) is 10.2 Å². The summed E-state index contributed by atoms with van der Waals surface area (Å²) < 4.78 is 41.5. The second kappa shape index (κ2) is 9.99. The molecule has 0 bridgehead atoms. The van der Waals surface area contributed by atoms with Crippen LogP contribution in [0.25, 0.3) is 0 Å². The number of sulfonamides is 1. The number of halogens is 2. The Morgan fingerprint density at radius 3 is 2.62 bits per heavy atom. The van der Waals surface area contributed by atoms with Crippen molar-refractivity contribution in [3.8, 4) is 0 Å². The van der Waals surface area contributed by atoms with E-state index in [1.54, 1.807) is 4.31 Å². The Labute approximate surface area is 162 Å². The SMILES string of the molecule is Cl.O=S(=O)(c1cccc(F)c1)N(CCN1CCCCC1)C1CCCNC1. The molecule has 148 valence electrons.